The second kappa shape index (κ2) is 7.51. The molecule has 0 amide bonds. The number of hydrogen-bond acceptors (Lipinski definition) is 3. The standard InChI is InChI=1S/C16H16FN3OS/c1-11(12-6-5-7-13(17)10-12)19-20-16(22)18-14-8-3-4-9-15(14)21-2/h3-10H,1-2H3,(H2,18,20,22)/b19-11+. The van der Waals surface area contributed by atoms with E-state index < -0.39 is 0 Å². The van der Waals surface area contributed by atoms with Gasteiger partial charge in [0.05, 0.1) is 18.5 Å². The van der Waals surface area contributed by atoms with Crippen molar-refractivity contribution in [1.29, 1.82) is 0 Å². The molecular weight excluding hydrogens is 301 g/mol. The maximum absolute atomic E-state index is 13.2. The Kier molecular flexibility index (Phi) is 5.43. The van der Waals surface area contributed by atoms with E-state index >= 15 is 0 Å². The van der Waals surface area contributed by atoms with Crippen molar-refractivity contribution in [3.63, 3.8) is 0 Å². The van der Waals surface area contributed by atoms with E-state index in [0.29, 0.717) is 22.1 Å². The first kappa shape index (κ1) is 15.9. The summed E-state index contributed by atoms with van der Waals surface area (Å²) in [7, 11) is 1.59. The van der Waals surface area contributed by atoms with Crippen LogP contribution in [0.4, 0.5) is 10.1 Å². The molecule has 0 unspecified atom stereocenters. The van der Waals surface area contributed by atoms with Gasteiger partial charge in [-0.1, -0.05) is 24.3 Å². The van der Waals surface area contributed by atoms with Gasteiger partial charge < -0.3 is 10.1 Å². The zero-order valence-electron chi connectivity index (χ0n) is 12.3. The SMILES string of the molecule is COc1ccccc1NC(=S)N/N=C(\C)c1cccc(F)c1. The summed E-state index contributed by atoms with van der Waals surface area (Å²) in [5.74, 6) is 0.374. The molecule has 0 aliphatic rings. The van der Waals surface area contributed by atoms with Crippen LogP contribution in [0.2, 0.25) is 0 Å². The highest BCUT2D eigenvalue weighted by atomic mass is 32.1. The first-order chi connectivity index (χ1) is 10.6. The molecule has 2 aromatic rings. The first-order valence-corrected chi connectivity index (χ1v) is 7.01. The van der Waals surface area contributed by atoms with Gasteiger partial charge in [0.1, 0.15) is 11.6 Å². The Morgan fingerprint density at radius 2 is 1.95 bits per heavy atom. The molecule has 0 fully saturated rings. The molecule has 0 atom stereocenters. The molecule has 0 bridgehead atoms. The van der Waals surface area contributed by atoms with Crippen LogP contribution in [0.3, 0.4) is 0 Å². The monoisotopic (exact) mass is 317 g/mol. The van der Waals surface area contributed by atoms with E-state index in [1.165, 1.54) is 12.1 Å². The molecule has 6 heteroatoms. The molecule has 0 radical (unpaired) electrons. The van der Waals surface area contributed by atoms with Crippen molar-refractivity contribution < 1.29 is 9.13 Å². The number of hydrogen-bond donors (Lipinski definition) is 2. The molecule has 0 aromatic heterocycles. The summed E-state index contributed by atoms with van der Waals surface area (Å²) >= 11 is 5.18. The van der Waals surface area contributed by atoms with Gasteiger partial charge in [-0.15, -0.1) is 0 Å². The number of benzene rings is 2. The average molecular weight is 317 g/mol. The largest absolute Gasteiger partial charge is 0.495 e. The minimum atomic E-state index is -0.304. The molecule has 0 aliphatic heterocycles. The van der Waals surface area contributed by atoms with Gasteiger partial charge >= 0.3 is 0 Å². The normalized spacial score (nSPS) is 11.0. The number of nitrogens with one attached hydrogen (secondary N) is 2. The number of rotatable bonds is 4. The molecule has 2 N–H and O–H groups in total. The molecule has 114 valence electrons. The van der Waals surface area contributed by atoms with Gasteiger partial charge in [-0.05, 0) is 43.4 Å². The summed E-state index contributed by atoms with van der Waals surface area (Å²) in [6, 6.07) is 13.6. The maximum Gasteiger partial charge on any atom is 0.191 e. The molecule has 0 spiro atoms. The Balaban J connectivity index is 2.01. The van der Waals surface area contributed by atoms with Crippen LogP contribution in [-0.2, 0) is 0 Å². The predicted octanol–water partition coefficient (Wildman–Crippen LogP) is 3.54. The van der Waals surface area contributed by atoms with E-state index in [0.717, 1.165) is 5.69 Å². The van der Waals surface area contributed by atoms with Crippen molar-refractivity contribution in [2.24, 2.45) is 5.10 Å². The van der Waals surface area contributed by atoms with Crippen molar-refractivity contribution in [3.8, 4) is 5.75 Å². The highest BCUT2D eigenvalue weighted by Crippen LogP contribution is 2.22. The third kappa shape index (κ3) is 4.26. The topological polar surface area (TPSA) is 45.6 Å². The number of para-hydroxylation sites is 2. The number of nitrogens with zero attached hydrogens (tertiary/aromatic N) is 1. The average Bonchev–Trinajstić information content (AvgIpc) is 2.53. The van der Waals surface area contributed by atoms with E-state index in [2.05, 4.69) is 15.8 Å². The highest BCUT2D eigenvalue weighted by molar-refractivity contribution is 7.80. The van der Waals surface area contributed by atoms with E-state index in [-0.39, 0.29) is 5.82 Å². The van der Waals surface area contributed by atoms with E-state index in [4.69, 9.17) is 17.0 Å². The third-order valence-electron chi connectivity index (χ3n) is 2.92. The highest BCUT2D eigenvalue weighted by Gasteiger charge is 2.04. The lowest BCUT2D eigenvalue weighted by Gasteiger charge is -2.11. The van der Waals surface area contributed by atoms with Gasteiger partial charge in [-0.2, -0.15) is 5.10 Å². The van der Waals surface area contributed by atoms with Gasteiger partial charge in [0.25, 0.3) is 0 Å². The van der Waals surface area contributed by atoms with Gasteiger partial charge in [-0.3, -0.25) is 5.43 Å². The second-order valence-corrected chi connectivity index (χ2v) is 4.88. The second-order valence-electron chi connectivity index (χ2n) is 4.47. The quantitative estimate of drug-likeness (QED) is 0.514. The summed E-state index contributed by atoms with van der Waals surface area (Å²) in [5, 5.41) is 7.46. The van der Waals surface area contributed by atoms with Crippen LogP contribution in [0.1, 0.15) is 12.5 Å². The number of anilines is 1. The van der Waals surface area contributed by atoms with Crippen molar-refractivity contribution in [1.82, 2.24) is 5.43 Å². The summed E-state index contributed by atoms with van der Waals surface area (Å²) in [4.78, 5) is 0. The minimum Gasteiger partial charge on any atom is -0.495 e. The predicted molar refractivity (Wildman–Crippen MR) is 91.0 cm³/mol. The van der Waals surface area contributed by atoms with Crippen molar-refractivity contribution in [3.05, 3.63) is 59.9 Å². The summed E-state index contributed by atoms with van der Waals surface area (Å²) in [6.07, 6.45) is 0. The van der Waals surface area contributed by atoms with Crippen molar-refractivity contribution in [2.45, 2.75) is 6.92 Å². The number of halogens is 1. The molecule has 0 saturated heterocycles. The number of methoxy groups -OCH3 is 1. The maximum atomic E-state index is 13.2. The van der Waals surface area contributed by atoms with Crippen LogP contribution >= 0.6 is 12.2 Å². The lowest BCUT2D eigenvalue weighted by atomic mass is 10.1. The molecule has 0 saturated carbocycles. The molecule has 0 heterocycles. The Labute approximate surface area is 134 Å². The Morgan fingerprint density at radius 3 is 2.68 bits per heavy atom. The van der Waals surface area contributed by atoms with Crippen LogP contribution in [0.15, 0.2) is 53.6 Å². The van der Waals surface area contributed by atoms with Crippen LogP contribution < -0.4 is 15.5 Å². The van der Waals surface area contributed by atoms with Crippen LogP contribution in [-0.4, -0.2) is 17.9 Å². The summed E-state index contributed by atoms with van der Waals surface area (Å²) < 4.78 is 18.4. The van der Waals surface area contributed by atoms with Crippen LogP contribution in [0.25, 0.3) is 0 Å². The Morgan fingerprint density at radius 1 is 1.18 bits per heavy atom. The zero-order valence-corrected chi connectivity index (χ0v) is 13.1. The van der Waals surface area contributed by atoms with Gasteiger partial charge in [-0.25, -0.2) is 4.39 Å². The fourth-order valence-electron chi connectivity index (χ4n) is 1.81. The molecule has 2 rings (SSSR count). The van der Waals surface area contributed by atoms with Gasteiger partial charge in [0.15, 0.2) is 5.11 Å². The molecular formula is C16H16FN3OS. The third-order valence-corrected chi connectivity index (χ3v) is 3.12. The molecule has 4 nitrogen and oxygen atoms in total. The molecule has 22 heavy (non-hydrogen) atoms. The summed E-state index contributed by atoms with van der Waals surface area (Å²) in [6.45, 7) is 1.77. The van der Waals surface area contributed by atoms with E-state index in [1.54, 1.807) is 26.2 Å². The Bertz CT molecular complexity index is 703. The number of ether oxygens (including phenoxy) is 1. The van der Waals surface area contributed by atoms with Gasteiger partial charge in [0.2, 0.25) is 0 Å². The van der Waals surface area contributed by atoms with Crippen molar-refractivity contribution >= 4 is 28.7 Å². The minimum absolute atomic E-state index is 0.304. The fourth-order valence-corrected chi connectivity index (χ4v) is 1.97. The Hall–Kier alpha value is -2.47. The first-order valence-electron chi connectivity index (χ1n) is 6.60. The summed E-state index contributed by atoms with van der Waals surface area (Å²) in [5.41, 5.74) is 4.78. The van der Waals surface area contributed by atoms with E-state index in [1.807, 2.05) is 24.3 Å². The van der Waals surface area contributed by atoms with Crippen LogP contribution in [0.5, 0.6) is 5.75 Å². The lowest BCUT2D eigenvalue weighted by Crippen LogP contribution is -2.25. The lowest BCUT2D eigenvalue weighted by molar-refractivity contribution is 0.417. The van der Waals surface area contributed by atoms with Crippen LogP contribution in [0, 0.1) is 5.82 Å². The smallest absolute Gasteiger partial charge is 0.191 e. The fraction of sp³-hybridized carbons (Fsp3) is 0.125. The van der Waals surface area contributed by atoms with Crippen molar-refractivity contribution in [2.75, 3.05) is 12.4 Å². The van der Waals surface area contributed by atoms with Gasteiger partial charge in [0, 0.05) is 5.56 Å². The zero-order chi connectivity index (χ0) is 15.9. The molecule has 2 aromatic carbocycles. The van der Waals surface area contributed by atoms with E-state index in [9.17, 15) is 4.39 Å². The number of hydrazone groups is 1. The number of thiocarbonyl (C=S) groups is 1. The molecule has 0 aliphatic carbocycles.